The van der Waals surface area contributed by atoms with E-state index in [0.29, 0.717) is 41.9 Å². The highest BCUT2D eigenvalue weighted by molar-refractivity contribution is 6.31. The Morgan fingerprint density at radius 3 is 2.78 bits per heavy atom. The molecule has 5 aliphatic rings. The summed E-state index contributed by atoms with van der Waals surface area (Å²) in [5.74, 6) is 0.935. The summed E-state index contributed by atoms with van der Waals surface area (Å²) in [6.45, 7) is 8.82. The van der Waals surface area contributed by atoms with Gasteiger partial charge in [0.1, 0.15) is 23.0 Å². The highest BCUT2D eigenvalue weighted by Gasteiger charge is 2.69. The number of rotatable bonds is 5. The lowest BCUT2D eigenvalue weighted by Crippen LogP contribution is -2.70. The van der Waals surface area contributed by atoms with Gasteiger partial charge in [-0.05, 0) is 62.6 Å². The predicted molar refractivity (Wildman–Crippen MR) is 131 cm³/mol. The van der Waals surface area contributed by atoms with E-state index in [2.05, 4.69) is 13.8 Å². The third-order valence-corrected chi connectivity index (χ3v) is 9.24. The van der Waals surface area contributed by atoms with Crippen LogP contribution in [0.1, 0.15) is 52.0 Å². The lowest BCUT2D eigenvalue weighted by molar-refractivity contribution is -0.577. The first-order valence-electron chi connectivity index (χ1n) is 12.9. The molecule has 5 heterocycles. The molecule has 4 saturated heterocycles. The summed E-state index contributed by atoms with van der Waals surface area (Å²) in [7, 11) is 0. The van der Waals surface area contributed by atoms with Crippen molar-refractivity contribution in [1.29, 1.82) is 0 Å². The van der Waals surface area contributed by atoms with E-state index in [0.717, 1.165) is 31.1 Å². The van der Waals surface area contributed by atoms with E-state index in [1.165, 1.54) is 0 Å². The van der Waals surface area contributed by atoms with Crippen LogP contribution in [-0.4, -0.2) is 37.2 Å². The van der Waals surface area contributed by atoms with E-state index in [1.54, 1.807) is 13.0 Å². The first kappa shape index (κ1) is 24.6. The Balaban J connectivity index is 1.13. The van der Waals surface area contributed by atoms with Gasteiger partial charge >= 0.3 is 5.63 Å². The van der Waals surface area contributed by atoms with Gasteiger partial charge in [0.2, 0.25) is 5.79 Å². The largest absolute Gasteiger partial charge is 0.491 e. The highest BCUT2D eigenvalue weighted by atomic mass is 35.5. The Labute approximate surface area is 215 Å². The molecule has 1 saturated carbocycles. The van der Waals surface area contributed by atoms with Crippen LogP contribution >= 0.6 is 11.6 Å². The molecule has 8 nitrogen and oxygen atoms in total. The van der Waals surface area contributed by atoms with Crippen molar-refractivity contribution in [2.75, 3.05) is 13.2 Å². The normalized spacial score (nSPS) is 39.6. The van der Waals surface area contributed by atoms with Crippen molar-refractivity contribution < 1.29 is 33.1 Å². The molecular weight excluding hydrogens is 488 g/mol. The van der Waals surface area contributed by atoms with E-state index in [1.807, 2.05) is 19.1 Å². The Hall–Kier alpha value is -1.68. The van der Waals surface area contributed by atoms with Crippen molar-refractivity contribution >= 4 is 22.6 Å². The molecule has 5 fully saturated rings. The zero-order chi connectivity index (χ0) is 25.2. The Morgan fingerprint density at radius 1 is 1.11 bits per heavy atom. The summed E-state index contributed by atoms with van der Waals surface area (Å²) in [6, 6.07) is 5.36. The molecule has 0 amide bonds. The molecule has 4 aliphatic heterocycles. The molecular formula is C27H33ClO8. The van der Waals surface area contributed by atoms with Gasteiger partial charge in [-0.3, -0.25) is 0 Å². The molecule has 2 bridgehead atoms. The fraction of sp³-hybridized carbons (Fsp3) is 0.667. The molecule has 1 aliphatic carbocycles. The van der Waals surface area contributed by atoms with E-state index < -0.39 is 29.6 Å². The molecule has 0 unspecified atom stereocenters. The monoisotopic (exact) mass is 520 g/mol. The first-order chi connectivity index (χ1) is 17.2. The van der Waals surface area contributed by atoms with Gasteiger partial charge in [0.05, 0.1) is 6.61 Å². The average molecular weight is 521 g/mol. The number of hydrogen-bond acceptors (Lipinski definition) is 8. The van der Waals surface area contributed by atoms with E-state index in [4.69, 9.17) is 44.7 Å². The van der Waals surface area contributed by atoms with E-state index in [-0.39, 0.29) is 16.9 Å². The number of hydrogen-bond donors (Lipinski definition) is 0. The maximum absolute atomic E-state index is 11.9. The smallest absolute Gasteiger partial charge is 0.355 e. The Bertz CT molecular complexity index is 1210. The summed E-state index contributed by atoms with van der Waals surface area (Å²) in [6.07, 6.45) is 2.97. The van der Waals surface area contributed by atoms with Crippen LogP contribution in [0.3, 0.4) is 0 Å². The Morgan fingerprint density at radius 2 is 1.94 bits per heavy atom. The van der Waals surface area contributed by atoms with Crippen LogP contribution in [0.4, 0.5) is 0 Å². The molecule has 9 heteroatoms. The Kier molecular flexibility index (Phi) is 6.14. The number of fused-ring (bicyclic) bond motifs is 3. The second-order valence-electron chi connectivity index (χ2n) is 11.0. The highest BCUT2D eigenvalue weighted by Crippen LogP contribution is 2.60. The summed E-state index contributed by atoms with van der Waals surface area (Å²) in [4.78, 5) is 24.0. The van der Waals surface area contributed by atoms with Crippen LogP contribution in [-0.2, 0) is 24.0 Å². The SMILES string of the molecule is Cc1c(Cl)c(=O)oc2cc(OCCO[C@H]3O[C@@H]4O[C@@]5(C)CC[C@H]6[C@H](C)CC[C@@H]([C@H]3C)[C@@]46OO5)ccc12. The average Bonchev–Trinajstić information content (AvgIpc) is 3.09. The summed E-state index contributed by atoms with van der Waals surface area (Å²) >= 11 is 6.01. The van der Waals surface area contributed by atoms with Crippen molar-refractivity contribution in [3.63, 3.8) is 0 Å². The number of benzene rings is 1. The van der Waals surface area contributed by atoms with Gasteiger partial charge in [-0.15, -0.1) is 0 Å². The van der Waals surface area contributed by atoms with Crippen LogP contribution in [0.25, 0.3) is 11.0 Å². The van der Waals surface area contributed by atoms with Crippen LogP contribution in [0.5, 0.6) is 5.75 Å². The lowest BCUT2D eigenvalue weighted by Gasteiger charge is -2.60. The van der Waals surface area contributed by atoms with Gasteiger partial charge in [-0.1, -0.05) is 25.4 Å². The third-order valence-electron chi connectivity index (χ3n) is 8.80. The summed E-state index contributed by atoms with van der Waals surface area (Å²) in [5, 5.41) is 0.878. The predicted octanol–water partition coefficient (Wildman–Crippen LogP) is 5.36. The van der Waals surface area contributed by atoms with Gasteiger partial charge < -0.3 is 23.4 Å². The first-order valence-corrected chi connectivity index (χ1v) is 13.3. The quantitative estimate of drug-likeness (QED) is 0.296. The topological polar surface area (TPSA) is 85.6 Å². The molecule has 1 aromatic carbocycles. The molecule has 196 valence electrons. The molecule has 0 N–H and O–H groups in total. The van der Waals surface area contributed by atoms with Crippen LogP contribution in [0, 0.1) is 30.6 Å². The fourth-order valence-electron chi connectivity index (χ4n) is 6.79. The molecule has 2 aromatic rings. The van der Waals surface area contributed by atoms with Gasteiger partial charge in [-0.25, -0.2) is 14.6 Å². The lowest BCUT2D eigenvalue weighted by atomic mass is 9.58. The van der Waals surface area contributed by atoms with Gasteiger partial charge in [0.25, 0.3) is 0 Å². The summed E-state index contributed by atoms with van der Waals surface area (Å²) < 4.78 is 30.2. The number of ether oxygens (including phenoxy) is 4. The van der Waals surface area contributed by atoms with Crippen molar-refractivity contribution in [3.05, 3.63) is 39.2 Å². The van der Waals surface area contributed by atoms with Crippen LogP contribution in [0.2, 0.25) is 5.02 Å². The van der Waals surface area contributed by atoms with E-state index in [9.17, 15) is 4.79 Å². The zero-order valence-electron chi connectivity index (χ0n) is 21.1. The fourth-order valence-corrected chi connectivity index (χ4v) is 6.93. The minimum absolute atomic E-state index is 0.100. The van der Waals surface area contributed by atoms with Crippen LogP contribution < -0.4 is 10.4 Å². The molecule has 7 rings (SSSR count). The standard InChI is InChI=1S/C27H33ClO8/c1-14-5-8-20-16(3)24(33-25-27(20)19(14)9-10-26(4,34-25)35-36-27)31-12-11-30-17-6-7-18-15(2)22(28)23(29)32-21(18)13-17/h6-7,13-14,16,19-20,24-25H,5,8-12H2,1-4H3/t14-,16-,19+,20+,24+,25-,26-,27-/m1/s1. The maximum atomic E-state index is 11.9. The van der Waals surface area contributed by atoms with E-state index >= 15 is 0 Å². The van der Waals surface area contributed by atoms with Crippen molar-refractivity contribution in [3.8, 4) is 5.75 Å². The van der Waals surface area contributed by atoms with Crippen molar-refractivity contribution in [2.45, 2.75) is 77.3 Å². The maximum Gasteiger partial charge on any atom is 0.355 e. The third kappa shape index (κ3) is 3.80. The zero-order valence-corrected chi connectivity index (χ0v) is 21.8. The van der Waals surface area contributed by atoms with Gasteiger partial charge in [0, 0.05) is 29.7 Å². The summed E-state index contributed by atoms with van der Waals surface area (Å²) in [5.41, 5.74) is -0.0249. The molecule has 1 spiro atoms. The second kappa shape index (κ2) is 8.96. The molecule has 36 heavy (non-hydrogen) atoms. The minimum Gasteiger partial charge on any atom is -0.491 e. The number of aryl methyl sites for hydroxylation is 1. The second-order valence-corrected chi connectivity index (χ2v) is 11.4. The molecule has 8 atom stereocenters. The number of halogens is 1. The van der Waals surface area contributed by atoms with Gasteiger partial charge in [-0.2, -0.15) is 0 Å². The minimum atomic E-state index is -0.806. The van der Waals surface area contributed by atoms with Crippen molar-refractivity contribution in [2.24, 2.45) is 23.7 Å². The van der Waals surface area contributed by atoms with Crippen LogP contribution in [0.15, 0.2) is 27.4 Å². The van der Waals surface area contributed by atoms with Crippen molar-refractivity contribution in [1.82, 2.24) is 0 Å². The molecule has 1 aromatic heterocycles. The van der Waals surface area contributed by atoms with Gasteiger partial charge in [0.15, 0.2) is 18.2 Å². The molecule has 0 radical (unpaired) electrons.